The Labute approximate surface area is 110 Å². The van der Waals surface area contributed by atoms with Gasteiger partial charge in [-0.1, -0.05) is 60.3 Å². The Kier molecular flexibility index (Phi) is 3.15. The summed E-state index contributed by atoms with van der Waals surface area (Å²) in [6.07, 6.45) is 0. The molecule has 0 aliphatic heterocycles. The average molecular weight is 252 g/mol. The van der Waals surface area contributed by atoms with Gasteiger partial charge in [-0.2, -0.15) is 5.10 Å². The number of aromatic nitrogens is 2. The summed E-state index contributed by atoms with van der Waals surface area (Å²) >= 11 is 1.66. The molecule has 0 atom stereocenters. The summed E-state index contributed by atoms with van der Waals surface area (Å²) < 4.78 is 0. The van der Waals surface area contributed by atoms with Crippen molar-refractivity contribution in [3.63, 3.8) is 0 Å². The van der Waals surface area contributed by atoms with E-state index in [-0.39, 0.29) is 0 Å². The van der Waals surface area contributed by atoms with Crippen molar-refractivity contribution in [2.45, 2.75) is 9.92 Å². The maximum Gasteiger partial charge on any atom is 0.123 e. The lowest BCUT2D eigenvalue weighted by molar-refractivity contribution is 1.01. The number of benzene rings is 2. The second kappa shape index (κ2) is 5.10. The molecule has 0 amide bonds. The molecular weight excluding hydrogens is 240 g/mol. The Hall–Kier alpha value is -2.00. The summed E-state index contributed by atoms with van der Waals surface area (Å²) in [5.41, 5.74) is 2.21. The van der Waals surface area contributed by atoms with Crippen LogP contribution < -0.4 is 0 Å². The van der Waals surface area contributed by atoms with Gasteiger partial charge in [0.25, 0.3) is 0 Å². The summed E-state index contributed by atoms with van der Waals surface area (Å²) in [6.45, 7) is 0. The van der Waals surface area contributed by atoms with E-state index in [0.717, 1.165) is 16.3 Å². The SMILES string of the molecule is c1ccc(Sc2cc(-c3ccccc3)[nH]n2)cc1. The number of aromatic amines is 1. The fourth-order valence-electron chi connectivity index (χ4n) is 1.73. The minimum absolute atomic E-state index is 0.986. The average Bonchev–Trinajstić information content (AvgIpc) is 2.89. The molecule has 2 nitrogen and oxygen atoms in total. The standard InChI is InChI=1S/C15H12N2S/c1-3-7-12(8-4-1)14-11-15(17-16-14)18-13-9-5-2-6-10-13/h1-11H,(H,16,17). The Bertz CT molecular complexity index is 617. The molecule has 0 unspecified atom stereocenters. The molecule has 2 aromatic carbocycles. The summed E-state index contributed by atoms with van der Waals surface area (Å²) in [4.78, 5) is 1.20. The summed E-state index contributed by atoms with van der Waals surface area (Å²) in [6, 6.07) is 22.6. The van der Waals surface area contributed by atoms with Crippen molar-refractivity contribution >= 4 is 11.8 Å². The van der Waals surface area contributed by atoms with Crippen molar-refractivity contribution in [2.24, 2.45) is 0 Å². The molecule has 3 rings (SSSR count). The molecule has 0 aliphatic rings. The summed E-state index contributed by atoms with van der Waals surface area (Å²) in [5.74, 6) is 0. The highest BCUT2D eigenvalue weighted by Gasteiger charge is 2.04. The first-order chi connectivity index (χ1) is 8.92. The third kappa shape index (κ3) is 2.46. The van der Waals surface area contributed by atoms with Crippen molar-refractivity contribution in [3.05, 3.63) is 66.7 Å². The van der Waals surface area contributed by atoms with E-state index in [4.69, 9.17) is 0 Å². The number of nitrogens with zero attached hydrogens (tertiary/aromatic N) is 1. The fourth-order valence-corrected chi connectivity index (χ4v) is 2.53. The molecule has 3 heteroatoms. The van der Waals surface area contributed by atoms with Crippen LogP contribution in [0, 0.1) is 0 Å². The normalized spacial score (nSPS) is 10.4. The number of rotatable bonds is 3. The highest BCUT2D eigenvalue weighted by Crippen LogP contribution is 2.28. The van der Waals surface area contributed by atoms with Gasteiger partial charge in [0.1, 0.15) is 5.03 Å². The van der Waals surface area contributed by atoms with Gasteiger partial charge >= 0.3 is 0 Å². The molecule has 1 heterocycles. The molecule has 0 saturated carbocycles. The zero-order chi connectivity index (χ0) is 12.2. The Morgan fingerprint density at radius 2 is 1.50 bits per heavy atom. The Morgan fingerprint density at radius 3 is 2.22 bits per heavy atom. The van der Waals surface area contributed by atoms with Gasteiger partial charge in [0.15, 0.2) is 0 Å². The van der Waals surface area contributed by atoms with E-state index in [1.807, 2.05) is 36.4 Å². The van der Waals surface area contributed by atoms with Crippen LogP contribution >= 0.6 is 11.8 Å². The molecule has 0 fully saturated rings. The monoisotopic (exact) mass is 252 g/mol. The van der Waals surface area contributed by atoms with Crippen molar-refractivity contribution < 1.29 is 0 Å². The van der Waals surface area contributed by atoms with E-state index in [9.17, 15) is 0 Å². The Morgan fingerprint density at radius 1 is 0.833 bits per heavy atom. The molecule has 88 valence electrons. The molecule has 0 bridgehead atoms. The van der Waals surface area contributed by atoms with Crippen molar-refractivity contribution in [1.82, 2.24) is 10.2 Å². The van der Waals surface area contributed by atoms with E-state index in [1.54, 1.807) is 11.8 Å². The molecule has 0 saturated heterocycles. The van der Waals surface area contributed by atoms with Gasteiger partial charge in [-0.25, -0.2) is 0 Å². The first-order valence-electron chi connectivity index (χ1n) is 5.75. The molecule has 3 aromatic rings. The van der Waals surface area contributed by atoms with Gasteiger partial charge in [0, 0.05) is 4.90 Å². The third-order valence-electron chi connectivity index (χ3n) is 2.60. The van der Waals surface area contributed by atoms with Crippen molar-refractivity contribution in [1.29, 1.82) is 0 Å². The largest absolute Gasteiger partial charge is 0.277 e. The maximum atomic E-state index is 4.33. The zero-order valence-corrected chi connectivity index (χ0v) is 10.5. The van der Waals surface area contributed by atoms with Crippen LogP contribution in [-0.4, -0.2) is 10.2 Å². The van der Waals surface area contributed by atoms with Gasteiger partial charge in [-0.3, -0.25) is 5.10 Å². The lowest BCUT2D eigenvalue weighted by atomic mass is 10.2. The van der Waals surface area contributed by atoms with Crippen LogP contribution in [0.4, 0.5) is 0 Å². The first kappa shape index (κ1) is 11.1. The van der Waals surface area contributed by atoms with Crippen LogP contribution in [0.1, 0.15) is 0 Å². The summed E-state index contributed by atoms with van der Waals surface area (Å²) in [5, 5.41) is 8.38. The van der Waals surface area contributed by atoms with Crippen molar-refractivity contribution in [2.75, 3.05) is 0 Å². The second-order valence-electron chi connectivity index (χ2n) is 3.90. The van der Waals surface area contributed by atoms with Gasteiger partial charge in [-0.15, -0.1) is 0 Å². The van der Waals surface area contributed by atoms with Crippen LogP contribution in [0.3, 0.4) is 0 Å². The van der Waals surface area contributed by atoms with Gasteiger partial charge in [0.05, 0.1) is 5.69 Å². The predicted octanol–water partition coefficient (Wildman–Crippen LogP) is 4.23. The summed E-state index contributed by atoms with van der Waals surface area (Å²) in [7, 11) is 0. The topological polar surface area (TPSA) is 28.7 Å². The quantitative estimate of drug-likeness (QED) is 0.755. The van der Waals surface area contributed by atoms with E-state index in [2.05, 4.69) is 40.5 Å². The second-order valence-corrected chi connectivity index (χ2v) is 4.99. The molecule has 18 heavy (non-hydrogen) atoms. The lowest BCUT2D eigenvalue weighted by Gasteiger charge is -1.95. The lowest BCUT2D eigenvalue weighted by Crippen LogP contribution is -1.75. The number of nitrogens with one attached hydrogen (secondary N) is 1. The molecule has 1 aromatic heterocycles. The predicted molar refractivity (Wildman–Crippen MR) is 74.6 cm³/mol. The van der Waals surface area contributed by atoms with Crippen LogP contribution in [0.25, 0.3) is 11.3 Å². The van der Waals surface area contributed by atoms with Gasteiger partial charge < -0.3 is 0 Å². The van der Waals surface area contributed by atoms with Crippen LogP contribution in [-0.2, 0) is 0 Å². The minimum Gasteiger partial charge on any atom is -0.277 e. The molecular formula is C15H12N2S. The van der Waals surface area contributed by atoms with Crippen LogP contribution in [0.2, 0.25) is 0 Å². The van der Waals surface area contributed by atoms with E-state index in [0.29, 0.717) is 0 Å². The zero-order valence-electron chi connectivity index (χ0n) is 9.71. The minimum atomic E-state index is 0.986. The maximum absolute atomic E-state index is 4.33. The molecule has 0 aliphatic carbocycles. The van der Waals surface area contributed by atoms with Gasteiger partial charge in [0.2, 0.25) is 0 Å². The van der Waals surface area contributed by atoms with Gasteiger partial charge in [-0.05, 0) is 23.8 Å². The fraction of sp³-hybridized carbons (Fsp3) is 0. The molecule has 1 N–H and O–H groups in total. The number of hydrogen-bond acceptors (Lipinski definition) is 2. The highest BCUT2D eigenvalue weighted by atomic mass is 32.2. The van der Waals surface area contributed by atoms with E-state index in [1.165, 1.54) is 4.90 Å². The van der Waals surface area contributed by atoms with E-state index < -0.39 is 0 Å². The van der Waals surface area contributed by atoms with Crippen molar-refractivity contribution in [3.8, 4) is 11.3 Å². The third-order valence-corrected chi connectivity index (χ3v) is 3.53. The highest BCUT2D eigenvalue weighted by molar-refractivity contribution is 7.99. The smallest absolute Gasteiger partial charge is 0.123 e. The molecule has 0 radical (unpaired) electrons. The Balaban J connectivity index is 1.82. The van der Waals surface area contributed by atoms with Crippen LogP contribution in [0.5, 0.6) is 0 Å². The molecule has 0 spiro atoms. The number of H-pyrrole nitrogens is 1. The van der Waals surface area contributed by atoms with Crippen LogP contribution in [0.15, 0.2) is 76.7 Å². The van der Waals surface area contributed by atoms with E-state index >= 15 is 0 Å². The number of hydrogen-bond donors (Lipinski definition) is 1. The first-order valence-corrected chi connectivity index (χ1v) is 6.57.